The number of amides is 1. The fraction of sp³-hybridized carbons (Fsp3) is 0.0526. The van der Waals surface area contributed by atoms with E-state index in [2.05, 4.69) is 21.5 Å². The van der Waals surface area contributed by atoms with E-state index in [0.29, 0.717) is 21.7 Å². The standard InChI is InChI=1S/C19H14N4OS2/c1-2-11-23-17(24)16(12-13-7-5-6-10-20-13)26-19(23)22-18-21-14-8-3-4-9-15(14)25-18/h2-10,12H,1,11H2/b16-12+,22-19-. The van der Waals surface area contributed by atoms with Crippen LogP contribution in [-0.4, -0.2) is 32.5 Å². The molecule has 0 bridgehead atoms. The van der Waals surface area contributed by atoms with Crippen molar-refractivity contribution in [3.05, 3.63) is 71.9 Å². The number of benzene rings is 1. The first-order chi connectivity index (χ1) is 12.7. The van der Waals surface area contributed by atoms with Crippen molar-refractivity contribution in [1.82, 2.24) is 14.9 Å². The zero-order valence-corrected chi connectivity index (χ0v) is 15.3. The zero-order chi connectivity index (χ0) is 17.9. The minimum absolute atomic E-state index is 0.0968. The Morgan fingerprint density at radius 3 is 2.81 bits per heavy atom. The molecular formula is C19H14N4OS2. The van der Waals surface area contributed by atoms with Crippen molar-refractivity contribution in [2.75, 3.05) is 6.54 Å². The van der Waals surface area contributed by atoms with Gasteiger partial charge in [-0.15, -0.1) is 6.58 Å². The summed E-state index contributed by atoms with van der Waals surface area (Å²) in [5.74, 6) is -0.0968. The number of aromatic nitrogens is 2. The van der Waals surface area contributed by atoms with Crippen molar-refractivity contribution in [2.45, 2.75) is 0 Å². The van der Waals surface area contributed by atoms with E-state index < -0.39 is 0 Å². The van der Waals surface area contributed by atoms with Crippen molar-refractivity contribution in [3.8, 4) is 0 Å². The number of pyridine rings is 1. The average Bonchev–Trinajstić information content (AvgIpc) is 3.19. The summed E-state index contributed by atoms with van der Waals surface area (Å²) in [5.41, 5.74) is 1.65. The van der Waals surface area contributed by atoms with Gasteiger partial charge >= 0.3 is 0 Å². The Balaban J connectivity index is 1.70. The van der Waals surface area contributed by atoms with E-state index in [1.54, 1.807) is 23.2 Å². The molecule has 26 heavy (non-hydrogen) atoms. The third kappa shape index (κ3) is 3.31. The van der Waals surface area contributed by atoms with Gasteiger partial charge in [0.05, 0.1) is 20.8 Å². The van der Waals surface area contributed by atoms with Crippen LogP contribution in [0.2, 0.25) is 0 Å². The Bertz CT molecular complexity index is 1010. The van der Waals surface area contributed by atoms with E-state index in [0.717, 1.165) is 15.9 Å². The second-order valence-corrected chi connectivity index (χ2v) is 7.45. The van der Waals surface area contributed by atoms with Gasteiger partial charge in [0.1, 0.15) is 0 Å². The minimum Gasteiger partial charge on any atom is -0.282 e. The van der Waals surface area contributed by atoms with Gasteiger partial charge in [0.25, 0.3) is 5.91 Å². The van der Waals surface area contributed by atoms with E-state index in [9.17, 15) is 4.79 Å². The lowest BCUT2D eigenvalue weighted by Crippen LogP contribution is -2.29. The molecule has 7 heteroatoms. The number of hydrogen-bond donors (Lipinski definition) is 0. The summed E-state index contributed by atoms with van der Waals surface area (Å²) in [7, 11) is 0. The molecular weight excluding hydrogens is 364 g/mol. The summed E-state index contributed by atoms with van der Waals surface area (Å²) in [5, 5.41) is 1.24. The van der Waals surface area contributed by atoms with Crippen LogP contribution in [0.3, 0.4) is 0 Å². The Hall–Kier alpha value is -2.77. The summed E-state index contributed by atoms with van der Waals surface area (Å²) < 4.78 is 1.07. The van der Waals surface area contributed by atoms with Crippen LogP contribution in [0.5, 0.6) is 0 Å². The van der Waals surface area contributed by atoms with E-state index >= 15 is 0 Å². The van der Waals surface area contributed by atoms with Crippen LogP contribution < -0.4 is 0 Å². The molecule has 1 aliphatic heterocycles. The topological polar surface area (TPSA) is 58.5 Å². The fourth-order valence-electron chi connectivity index (χ4n) is 2.47. The second-order valence-electron chi connectivity index (χ2n) is 5.43. The molecule has 3 aromatic rings. The summed E-state index contributed by atoms with van der Waals surface area (Å²) in [6.07, 6.45) is 5.17. The number of aliphatic imine (C=N–C) groups is 1. The fourth-order valence-corrected chi connectivity index (χ4v) is 4.34. The van der Waals surface area contributed by atoms with Gasteiger partial charge in [0.15, 0.2) is 5.17 Å². The summed E-state index contributed by atoms with van der Waals surface area (Å²) in [4.78, 5) is 28.3. The highest BCUT2D eigenvalue weighted by molar-refractivity contribution is 8.18. The van der Waals surface area contributed by atoms with Gasteiger partial charge in [-0.1, -0.05) is 35.6 Å². The van der Waals surface area contributed by atoms with Crippen LogP contribution in [-0.2, 0) is 4.79 Å². The van der Waals surface area contributed by atoms with E-state index in [4.69, 9.17) is 0 Å². The molecule has 5 nitrogen and oxygen atoms in total. The van der Waals surface area contributed by atoms with Crippen molar-refractivity contribution >= 4 is 55.6 Å². The van der Waals surface area contributed by atoms with Crippen molar-refractivity contribution in [2.24, 2.45) is 4.99 Å². The number of hydrogen-bond acceptors (Lipinski definition) is 6. The maximum Gasteiger partial charge on any atom is 0.267 e. The van der Waals surface area contributed by atoms with E-state index in [-0.39, 0.29) is 5.91 Å². The average molecular weight is 378 g/mol. The molecule has 0 spiro atoms. The number of thioether (sulfide) groups is 1. The minimum atomic E-state index is -0.0968. The maximum absolute atomic E-state index is 12.7. The molecule has 1 aliphatic rings. The van der Waals surface area contributed by atoms with Gasteiger partial charge in [0.2, 0.25) is 5.13 Å². The van der Waals surface area contributed by atoms with Gasteiger partial charge in [-0.3, -0.25) is 14.7 Å². The monoisotopic (exact) mass is 378 g/mol. The largest absolute Gasteiger partial charge is 0.282 e. The highest BCUT2D eigenvalue weighted by Crippen LogP contribution is 2.35. The second kappa shape index (κ2) is 7.23. The van der Waals surface area contributed by atoms with Crippen LogP contribution in [0, 0.1) is 0 Å². The molecule has 0 aliphatic carbocycles. The predicted octanol–water partition coefficient (Wildman–Crippen LogP) is 4.48. The number of thiazole rings is 1. The first-order valence-electron chi connectivity index (χ1n) is 7.92. The van der Waals surface area contributed by atoms with Gasteiger partial charge in [-0.2, -0.15) is 4.99 Å². The number of rotatable bonds is 4. The number of fused-ring (bicyclic) bond motifs is 1. The SMILES string of the molecule is C=CCN1C(=O)/C(=C\c2ccccn2)S/C1=N\c1nc2ccccc2s1. The molecule has 0 atom stereocenters. The molecule has 2 aromatic heterocycles. The lowest BCUT2D eigenvalue weighted by Gasteiger charge is -2.11. The van der Waals surface area contributed by atoms with Gasteiger partial charge in [-0.25, -0.2) is 4.98 Å². The van der Waals surface area contributed by atoms with Crippen LogP contribution in [0.25, 0.3) is 16.3 Å². The highest BCUT2D eigenvalue weighted by atomic mass is 32.2. The Morgan fingerprint density at radius 2 is 2.04 bits per heavy atom. The molecule has 4 rings (SSSR count). The molecule has 0 radical (unpaired) electrons. The third-order valence-corrected chi connectivity index (χ3v) is 5.58. The molecule has 1 fully saturated rings. The van der Waals surface area contributed by atoms with Gasteiger partial charge in [0, 0.05) is 12.7 Å². The number of para-hydroxylation sites is 1. The summed E-state index contributed by atoms with van der Waals surface area (Å²) in [6.45, 7) is 4.14. The number of carbonyl (C=O) groups excluding carboxylic acids is 1. The lowest BCUT2D eigenvalue weighted by atomic mass is 10.3. The number of carbonyl (C=O) groups is 1. The first kappa shape index (κ1) is 16.7. The molecule has 0 saturated carbocycles. The van der Waals surface area contributed by atoms with E-state index in [1.165, 1.54) is 23.1 Å². The maximum atomic E-state index is 12.7. The molecule has 0 unspecified atom stereocenters. The number of nitrogens with zero attached hydrogens (tertiary/aromatic N) is 4. The quantitative estimate of drug-likeness (QED) is 0.496. The molecule has 0 N–H and O–H groups in total. The highest BCUT2D eigenvalue weighted by Gasteiger charge is 2.33. The summed E-state index contributed by atoms with van der Waals surface area (Å²) in [6, 6.07) is 13.5. The smallest absolute Gasteiger partial charge is 0.267 e. The van der Waals surface area contributed by atoms with E-state index in [1.807, 2.05) is 42.5 Å². The van der Waals surface area contributed by atoms with Gasteiger partial charge < -0.3 is 0 Å². The van der Waals surface area contributed by atoms with Crippen LogP contribution in [0.1, 0.15) is 5.69 Å². The van der Waals surface area contributed by atoms with Crippen molar-refractivity contribution in [3.63, 3.8) is 0 Å². The molecule has 1 amide bonds. The Morgan fingerprint density at radius 1 is 1.19 bits per heavy atom. The predicted molar refractivity (Wildman–Crippen MR) is 108 cm³/mol. The van der Waals surface area contributed by atoms with Crippen molar-refractivity contribution in [1.29, 1.82) is 0 Å². The Kier molecular flexibility index (Phi) is 4.64. The molecule has 3 heterocycles. The lowest BCUT2D eigenvalue weighted by molar-refractivity contribution is -0.121. The van der Waals surface area contributed by atoms with Gasteiger partial charge in [-0.05, 0) is 42.1 Å². The molecule has 1 aromatic carbocycles. The van der Waals surface area contributed by atoms with Crippen LogP contribution >= 0.6 is 23.1 Å². The molecule has 128 valence electrons. The Labute approximate surface area is 158 Å². The number of amidine groups is 1. The summed E-state index contributed by atoms with van der Waals surface area (Å²) >= 11 is 2.84. The molecule has 1 saturated heterocycles. The first-order valence-corrected chi connectivity index (χ1v) is 9.55. The normalized spacial score (nSPS) is 17.5. The zero-order valence-electron chi connectivity index (χ0n) is 13.7. The third-order valence-electron chi connectivity index (χ3n) is 3.64. The van der Waals surface area contributed by atoms with Crippen LogP contribution in [0.15, 0.2) is 71.2 Å². The van der Waals surface area contributed by atoms with Crippen molar-refractivity contribution < 1.29 is 4.79 Å². The van der Waals surface area contributed by atoms with Crippen LogP contribution in [0.4, 0.5) is 5.13 Å².